The van der Waals surface area contributed by atoms with E-state index in [1.165, 1.54) is 30.3 Å². The van der Waals surface area contributed by atoms with Crippen molar-refractivity contribution in [3.8, 4) is 5.75 Å². The van der Waals surface area contributed by atoms with E-state index in [0.717, 1.165) is 5.56 Å². The molecule has 0 aliphatic carbocycles. The topological polar surface area (TPSA) is 80.6 Å². The van der Waals surface area contributed by atoms with Gasteiger partial charge in [0.1, 0.15) is 23.9 Å². The van der Waals surface area contributed by atoms with E-state index in [9.17, 15) is 14.0 Å². The highest BCUT2D eigenvalue weighted by Gasteiger charge is 2.18. The number of carbonyl (C=O) groups is 2. The second kappa shape index (κ2) is 10.5. The molecule has 7 heteroatoms. The number of carbonyl (C=O) groups excluding carboxylic acids is 2. The lowest BCUT2D eigenvalue weighted by Gasteiger charge is -2.16. The predicted molar refractivity (Wildman–Crippen MR) is 126 cm³/mol. The normalized spacial score (nSPS) is 11.5. The Morgan fingerprint density at radius 1 is 0.882 bits per heavy atom. The number of nitrogens with one attached hydrogen (secondary N) is 2. The van der Waals surface area contributed by atoms with Crippen molar-refractivity contribution in [3.05, 3.63) is 119 Å². The van der Waals surface area contributed by atoms with Crippen molar-refractivity contribution in [2.75, 3.05) is 5.32 Å². The van der Waals surface area contributed by atoms with Crippen LogP contribution in [0.5, 0.6) is 5.75 Å². The van der Waals surface area contributed by atoms with E-state index in [-0.39, 0.29) is 30.1 Å². The summed E-state index contributed by atoms with van der Waals surface area (Å²) in [4.78, 5) is 25.6. The maximum absolute atomic E-state index is 13.0. The smallest absolute Gasteiger partial charge is 0.291 e. The number of hydrogen-bond donors (Lipinski definition) is 2. The Bertz CT molecular complexity index is 1270. The molecule has 0 aliphatic heterocycles. The van der Waals surface area contributed by atoms with Crippen molar-refractivity contribution in [1.82, 2.24) is 5.32 Å². The zero-order valence-corrected chi connectivity index (χ0v) is 18.5. The lowest BCUT2D eigenvalue weighted by atomic mass is 10.1. The summed E-state index contributed by atoms with van der Waals surface area (Å²) < 4.78 is 24.1. The molecule has 3 aromatic carbocycles. The maximum Gasteiger partial charge on any atom is 0.291 e. The largest absolute Gasteiger partial charge is 0.486 e. The third-order valence-electron chi connectivity index (χ3n) is 5.15. The van der Waals surface area contributed by atoms with Gasteiger partial charge in [-0.2, -0.15) is 0 Å². The van der Waals surface area contributed by atoms with E-state index in [1.807, 2.05) is 37.3 Å². The van der Waals surface area contributed by atoms with Crippen LogP contribution in [-0.2, 0) is 6.61 Å². The fraction of sp³-hybridized carbons (Fsp3) is 0.111. The van der Waals surface area contributed by atoms with E-state index in [2.05, 4.69) is 10.6 Å². The minimum atomic E-state index is -0.496. The number of benzene rings is 3. The van der Waals surface area contributed by atoms with Gasteiger partial charge in [-0.1, -0.05) is 42.5 Å². The van der Waals surface area contributed by atoms with Gasteiger partial charge in [0, 0.05) is 0 Å². The van der Waals surface area contributed by atoms with Crippen molar-refractivity contribution in [3.63, 3.8) is 0 Å². The van der Waals surface area contributed by atoms with Crippen molar-refractivity contribution in [1.29, 1.82) is 0 Å². The van der Waals surface area contributed by atoms with Crippen LogP contribution in [0.25, 0.3) is 0 Å². The Morgan fingerprint density at radius 3 is 2.35 bits per heavy atom. The van der Waals surface area contributed by atoms with Crippen LogP contribution in [0.1, 0.15) is 45.2 Å². The molecule has 1 heterocycles. The Morgan fingerprint density at radius 2 is 1.59 bits per heavy atom. The summed E-state index contributed by atoms with van der Waals surface area (Å²) in [5.74, 6) is -0.173. The molecule has 172 valence electrons. The lowest BCUT2D eigenvalue weighted by molar-refractivity contribution is 0.0940. The summed E-state index contributed by atoms with van der Waals surface area (Å²) in [6.07, 6.45) is 0. The summed E-state index contributed by atoms with van der Waals surface area (Å²) in [5.41, 5.74) is 1.68. The van der Waals surface area contributed by atoms with Gasteiger partial charge < -0.3 is 19.8 Å². The van der Waals surface area contributed by atoms with E-state index in [0.29, 0.717) is 22.8 Å². The fourth-order valence-corrected chi connectivity index (χ4v) is 3.34. The van der Waals surface area contributed by atoms with Gasteiger partial charge >= 0.3 is 0 Å². The van der Waals surface area contributed by atoms with E-state index in [4.69, 9.17) is 9.15 Å². The van der Waals surface area contributed by atoms with Crippen LogP contribution in [0.15, 0.2) is 95.4 Å². The maximum atomic E-state index is 13.0. The van der Waals surface area contributed by atoms with Gasteiger partial charge in [0.05, 0.1) is 17.3 Å². The molecule has 34 heavy (non-hydrogen) atoms. The molecule has 1 aromatic heterocycles. The SMILES string of the molecule is CC(NC(=O)c1ccccc1NC(=O)c1ccc(COc2ccc(F)cc2)o1)c1ccccc1. The number of hydrogen-bond acceptors (Lipinski definition) is 4. The molecule has 1 unspecified atom stereocenters. The molecular weight excluding hydrogens is 435 g/mol. The summed E-state index contributed by atoms with van der Waals surface area (Å²) in [6, 6.07) is 24.9. The fourth-order valence-electron chi connectivity index (χ4n) is 3.34. The summed E-state index contributed by atoms with van der Waals surface area (Å²) in [7, 11) is 0. The predicted octanol–water partition coefficient (Wildman–Crippen LogP) is 5.74. The van der Waals surface area contributed by atoms with E-state index >= 15 is 0 Å². The number of ether oxygens (including phenoxy) is 1. The highest BCUT2D eigenvalue weighted by molar-refractivity contribution is 6.08. The van der Waals surface area contributed by atoms with E-state index in [1.54, 1.807) is 30.3 Å². The van der Waals surface area contributed by atoms with Crippen LogP contribution >= 0.6 is 0 Å². The molecule has 0 fully saturated rings. The summed E-state index contributed by atoms with van der Waals surface area (Å²) in [6.45, 7) is 1.97. The average molecular weight is 458 g/mol. The first-order chi connectivity index (χ1) is 16.5. The molecule has 2 amide bonds. The van der Waals surface area contributed by atoms with Crippen molar-refractivity contribution < 1.29 is 23.1 Å². The van der Waals surface area contributed by atoms with Crippen LogP contribution < -0.4 is 15.4 Å². The van der Waals surface area contributed by atoms with Gasteiger partial charge in [-0.05, 0) is 61.0 Å². The molecule has 4 rings (SSSR count). The van der Waals surface area contributed by atoms with Gasteiger partial charge in [0.2, 0.25) is 0 Å². The highest BCUT2D eigenvalue weighted by Crippen LogP contribution is 2.20. The van der Waals surface area contributed by atoms with Crippen molar-refractivity contribution in [2.45, 2.75) is 19.6 Å². The van der Waals surface area contributed by atoms with Crippen molar-refractivity contribution >= 4 is 17.5 Å². The molecule has 0 saturated heterocycles. The van der Waals surface area contributed by atoms with Gasteiger partial charge in [-0.3, -0.25) is 9.59 Å². The van der Waals surface area contributed by atoms with Gasteiger partial charge in [-0.15, -0.1) is 0 Å². The zero-order valence-electron chi connectivity index (χ0n) is 18.5. The Hall–Kier alpha value is -4.39. The Kier molecular flexibility index (Phi) is 7.03. The third kappa shape index (κ3) is 5.69. The van der Waals surface area contributed by atoms with Crippen LogP contribution in [0, 0.1) is 5.82 Å². The molecule has 0 bridgehead atoms. The first kappa shape index (κ1) is 22.8. The minimum absolute atomic E-state index is 0.0746. The lowest BCUT2D eigenvalue weighted by Crippen LogP contribution is -2.28. The van der Waals surface area contributed by atoms with E-state index < -0.39 is 5.91 Å². The quantitative estimate of drug-likeness (QED) is 0.353. The molecule has 0 radical (unpaired) electrons. The Labute approximate surface area is 196 Å². The standard InChI is InChI=1S/C27H23FN2O4/c1-18(19-7-3-2-4-8-19)29-26(31)23-9-5-6-10-24(23)30-27(32)25-16-15-22(34-25)17-33-21-13-11-20(28)12-14-21/h2-16,18H,17H2,1H3,(H,29,31)(H,30,32). The molecular formula is C27H23FN2O4. The van der Waals surface area contributed by atoms with Crippen molar-refractivity contribution in [2.24, 2.45) is 0 Å². The summed E-state index contributed by atoms with van der Waals surface area (Å²) >= 11 is 0. The second-order valence-corrected chi connectivity index (χ2v) is 7.61. The highest BCUT2D eigenvalue weighted by atomic mass is 19.1. The number of amides is 2. The monoisotopic (exact) mass is 458 g/mol. The molecule has 0 spiro atoms. The summed E-state index contributed by atoms with van der Waals surface area (Å²) in [5, 5.41) is 5.69. The van der Waals surface area contributed by atoms with Gasteiger partial charge in [0.15, 0.2) is 5.76 Å². The van der Waals surface area contributed by atoms with Gasteiger partial charge in [0.25, 0.3) is 11.8 Å². The molecule has 2 N–H and O–H groups in total. The molecule has 0 aliphatic rings. The first-order valence-corrected chi connectivity index (χ1v) is 10.7. The number of para-hydroxylation sites is 1. The minimum Gasteiger partial charge on any atom is -0.486 e. The molecule has 6 nitrogen and oxygen atoms in total. The second-order valence-electron chi connectivity index (χ2n) is 7.61. The van der Waals surface area contributed by atoms with Crippen LogP contribution in [-0.4, -0.2) is 11.8 Å². The van der Waals surface area contributed by atoms with Crippen LogP contribution in [0.3, 0.4) is 0 Å². The van der Waals surface area contributed by atoms with Gasteiger partial charge in [-0.25, -0.2) is 4.39 Å². The third-order valence-corrected chi connectivity index (χ3v) is 5.15. The zero-order chi connectivity index (χ0) is 23.9. The van der Waals surface area contributed by atoms with Crippen LogP contribution in [0.2, 0.25) is 0 Å². The van der Waals surface area contributed by atoms with Crippen LogP contribution in [0.4, 0.5) is 10.1 Å². The number of rotatable bonds is 8. The number of anilines is 1. The molecule has 0 saturated carbocycles. The molecule has 4 aromatic rings. The number of halogens is 1. The molecule has 1 atom stereocenters. The number of furan rings is 1. The average Bonchev–Trinajstić information content (AvgIpc) is 3.34. The Balaban J connectivity index is 1.40. The first-order valence-electron chi connectivity index (χ1n) is 10.7.